The Bertz CT molecular complexity index is 120. The first-order valence-electron chi connectivity index (χ1n) is 3.69. The summed E-state index contributed by atoms with van der Waals surface area (Å²) in [7, 11) is 0. The van der Waals surface area contributed by atoms with Gasteiger partial charge in [-0.3, -0.25) is 0 Å². The van der Waals surface area contributed by atoms with Crippen molar-refractivity contribution in [3.8, 4) is 0 Å². The minimum atomic E-state index is 0.321. The standard InChI is InChI=1S/C7H13NO/c9-4-6-3-7(1-2-7)5-8-6/h6,8-9H,1-5H2/t6-/m1/s1. The van der Waals surface area contributed by atoms with Gasteiger partial charge in [0, 0.05) is 12.6 Å². The van der Waals surface area contributed by atoms with Gasteiger partial charge < -0.3 is 10.4 Å². The summed E-state index contributed by atoms with van der Waals surface area (Å²) in [5.41, 5.74) is 0.646. The summed E-state index contributed by atoms with van der Waals surface area (Å²) in [6.45, 7) is 1.47. The summed E-state index contributed by atoms with van der Waals surface area (Å²) in [5.74, 6) is 0. The van der Waals surface area contributed by atoms with Crippen molar-refractivity contribution in [2.24, 2.45) is 5.41 Å². The molecular weight excluding hydrogens is 114 g/mol. The molecule has 2 heteroatoms. The Labute approximate surface area is 55.3 Å². The molecule has 52 valence electrons. The zero-order valence-electron chi connectivity index (χ0n) is 5.56. The van der Waals surface area contributed by atoms with E-state index in [1.165, 1.54) is 19.3 Å². The Morgan fingerprint density at radius 1 is 1.56 bits per heavy atom. The van der Waals surface area contributed by atoms with Gasteiger partial charge in [-0.05, 0) is 24.7 Å². The Balaban J connectivity index is 1.93. The van der Waals surface area contributed by atoms with Crippen LogP contribution in [0.1, 0.15) is 19.3 Å². The molecule has 0 unspecified atom stereocenters. The van der Waals surface area contributed by atoms with E-state index in [1.54, 1.807) is 0 Å². The lowest BCUT2D eigenvalue weighted by Crippen LogP contribution is -2.24. The largest absolute Gasteiger partial charge is 0.395 e. The molecule has 1 saturated heterocycles. The van der Waals surface area contributed by atoms with Crippen molar-refractivity contribution in [1.82, 2.24) is 5.32 Å². The lowest BCUT2D eigenvalue weighted by Gasteiger charge is -2.03. The van der Waals surface area contributed by atoms with E-state index in [0.717, 1.165) is 6.54 Å². The number of rotatable bonds is 1. The van der Waals surface area contributed by atoms with Gasteiger partial charge in [-0.1, -0.05) is 0 Å². The van der Waals surface area contributed by atoms with Crippen molar-refractivity contribution < 1.29 is 5.11 Å². The van der Waals surface area contributed by atoms with Gasteiger partial charge in [0.1, 0.15) is 0 Å². The number of nitrogens with one attached hydrogen (secondary N) is 1. The fourth-order valence-electron chi connectivity index (χ4n) is 1.71. The number of aliphatic hydroxyl groups is 1. The Morgan fingerprint density at radius 3 is 2.67 bits per heavy atom. The fraction of sp³-hybridized carbons (Fsp3) is 1.00. The molecule has 0 aromatic heterocycles. The Morgan fingerprint density at radius 2 is 2.33 bits per heavy atom. The SMILES string of the molecule is OC[C@H]1CC2(CC2)CN1. The second kappa shape index (κ2) is 1.70. The molecule has 2 rings (SSSR count). The van der Waals surface area contributed by atoms with Crippen LogP contribution in [0.3, 0.4) is 0 Å². The smallest absolute Gasteiger partial charge is 0.0584 e. The zero-order valence-corrected chi connectivity index (χ0v) is 5.56. The maximum Gasteiger partial charge on any atom is 0.0584 e. The summed E-state index contributed by atoms with van der Waals surface area (Å²) in [6.07, 6.45) is 3.98. The maximum atomic E-state index is 8.76. The van der Waals surface area contributed by atoms with E-state index in [1.807, 2.05) is 0 Å². The van der Waals surface area contributed by atoms with Crippen LogP contribution in [0.4, 0.5) is 0 Å². The minimum Gasteiger partial charge on any atom is -0.395 e. The molecule has 0 radical (unpaired) electrons. The van der Waals surface area contributed by atoms with Gasteiger partial charge in [-0.25, -0.2) is 0 Å². The minimum absolute atomic E-state index is 0.321. The van der Waals surface area contributed by atoms with Crippen molar-refractivity contribution >= 4 is 0 Å². The van der Waals surface area contributed by atoms with E-state index in [-0.39, 0.29) is 0 Å². The Hall–Kier alpha value is -0.0800. The average Bonchev–Trinajstić information content (AvgIpc) is 2.44. The normalized spacial score (nSPS) is 37.7. The molecule has 2 fully saturated rings. The number of hydrogen-bond acceptors (Lipinski definition) is 2. The number of aliphatic hydroxyl groups excluding tert-OH is 1. The predicted octanol–water partition coefficient (Wildman–Crippen LogP) is 0.121. The second-order valence-electron chi connectivity index (χ2n) is 3.46. The average molecular weight is 127 g/mol. The molecule has 2 N–H and O–H groups in total. The quantitative estimate of drug-likeness (QED) is 0.524. The van der Waals surface area contributed by atoms with E-state index in [2.05, 4.69) is 5.32 Å². The first kappa shape index (κ1) is 5.69. The van der Waals surface area contributed by atoms with Gasteiger partial charge >= 0.3 is 0 Å². The van der Waals surface area contributed by atoms with Crippen LogP contribution in [0.25, 0.3) is 0 Å². The van der Waals surface area contributed by atoms with E-state index in [4.69, 9.17) is 5.11 Å². The van der Waals surface area contributed by atoms with E-state index >= 15 is 0 Å². The lowest BCUT2D eigenvalue weighted by atomic mass is 10.0. The van der Waals surface area contributed by atoms with Gasteiger partial charge in [0.2, 0.25) is 0 Å². The molecule has 2 aliphatic rings. The highest BCUT2D eigenvalue weighted by Crippen LogP contribution is 2.51. The third kappa shape index (κ3) is 0.864. The van der Waals surface area contributed by atoms with Crippen molar-refractivity contribution in [3.63, 3.8) is 0 Å². The molecule has 9 heavy (non-hydrogen) atoms. The van der Waals surface area contributed by atoms with Gasteiger partial charge in [0.25, 0.3) is 0 Å². The van der Waals surface area contributed by atoms with Crippen LogP contribution in [0.5, 0.6) is 0 Å². The van der Waals surface area contributed by atoms with E-state index in [0.29, 0.717) is 18.1 Å². The van der Waals surface area contributed by atoms with Crippen LogP contribution in [0.2, 0.25) is 0 Å². The van der Waals surface area contributed by atoms with Gasteiger partial charge in [0.05, 0.1) is 6.61 Å². The highest BCUT2D eigenvalue weighted by Gasteiger charge is 2.47. The third-order valence-electron chi connectivity index (χ3n) is 2.62. The summed E-state index contributed by atoms with van der Waals surface area (Å²) in [6, 6.07) is 0.410. The molecule has 1 atom stereocenters. The Kier molecular flexibility index (Phi) is 1.08. The summed E-state index contributed by atoms with van der Waals surface area (Å²) in [4.78, 5) is 0. The van der Waals surface area contributed by atoms with Crippen LogP contribution in [-0.4, -0.2) is 24.3 Å². The van der Waals surface area contributed by atoms with Gasteiger partial charge in [0.15, 0.2) is 0 Å². The topological polar surface area (TPSA) is 32.3 Å². The molecule has 1 aliphatic heterocycles. The van der Waals surface area contributed by atoms with Crippen molar-refractivity contribution in [3.05, 3.63) is 0 Å². The molecule has 2 nitrogen and oxygen atoms in total. The summed E-state index contributed by atoms with van der Waals surface area (Å²) >= 11 is 0. The molecule has 0 aromatic rings. The molecule has 1 spiro atoms. The predicted molar refractivity (Wildman–Crippen MR) is 35.2 cm³/mol. The maximum absolute atomic E-state index is 8.76. The number of hydrogen-bond donors (Lipinski definition) is 2. The molecule has 0 amide bonds. The van der Waals surface area contributed by atoms with Crippen molar-refractivity contribution in [1.29, 1.82) is 0 Å². The van der Waals surface area contributed by atoms with Crippen molar-refractivity contribution in [2.75, 3.05) is 13.2 Å². The summed E-state index contributed by atoms with van der Waals surface area (Å²) in [5, 5.41) is 12.1. The van der Waals surface area contributed by atoms with Gasteiger partial charge in [-0.15, -0.1) is 0 Å². The monoisotopic (exact) mass is 127 g/mol. The zero-order chi connectivity index (χ0) is 6.32. The van der Waals surface area contributed by atoms with E-state index < -0.39 is 0 Å². The van der Waals surface area contributed by atoms with Crippen LogP contribution < -0.4 is 5.32 Å². The first-order valence-corrected chi connectivity index (χ1v) is 3.69. The van der Waals surface area contributed by atoms with Crippen molar-refractivity contribution in [2.45, 2.75) is 25.3 Å². The lowest BCUT2D eigenvalue weighted by molar-refractivity contribution is 0.252. The van der Waals surface area contributed by atoms with Crippen LogP contribution in [0.15, 0.2) is 0 Å². The van der Waals surface area contributed by atoms with Gasteiger partial charge in [-0.2, -0.15) is 0 Å². The molecular formula is C7H13NO. The molecule has 1 saturated carbocycles. The second-order valence-corrected chi connectivity index (χ2v) is 3.46. The third-order valence-corrected chi connectivity index (χ3v) is 2.62. The highest BCUT2D eigenvalue weighted by atomic mass is 16.3. The molecule has 1 aliphatic carbocycles. The fourth-order valence-corrected chi connectivity index (χ4v) is 1.71. The summed E-state index contributed by atoms with van der Waals surface area (Å²) < 4.78 is 0. The first-order chi connectivity index (χ1) is 4.35. The van der Waals surface area contributed by atoms with E-state index in [9.17, 15) is 0 Å². The molecule has 1 heterocycles. The van der Waals surface area contributed by atoms with Crippen LogP contribution in [0, 0.1) is 5.41 Å². The molecule has 0 bridgehead atoms. The van der Waals surface area contributed by atoms with Crippen LogP contribution in [-0.2, 0) is 0 Å². The molecule has 0 aromatic carbocycles. The highest BCUT2D eigenvalue weighted by molar-refractivity contribution is 5.02. The van der Waals surface area contributed by atoms with Crippen LogP contribution >= 0.6 is 0 Å².